The Balaban J connectivity index is 0.00000102. The van der Waals surface area contributed by atoms with Crippen molar-refractivity contribution in [2.45, 2.75) is 40.3 Å². The van der Waals surface area contributed by atoms with Crippen molar-refractivity contribution in [3.05, 3.63) is 42.1 Å². The van der Waals surface area contributed by atoms with Gasteiger partial charge in [0.15, 0.2) is 0 Å². The van der Waals surface area contributed by atoms with Crippen molar-refractivity contribution in [1.29, 1.82) is 0 Å². The molecule has 146 valence electrons. The number of quaternary nitrogens is 1. The first-order valence-electron chi connectivity index (χ1n) is 10.4. The second-order valence-electron chi connectivity index (χ2n) is 7.93. The Morgan fingerprint density at radius 1 is 1.19 bits per heavy atom. The van der Waals surface area contributed by atoms with Crippen molar-refractivity contribution in [2.24, 2.45) is 5.92 Å². The summed E-state index contributed by atoms with van der Waals surface area (Å²) >= 11 is 0. The van der Waals surface area contributed by atoms with Crippen LogP contribution in [0.4, 0.5) is 0 Å². The Kier molecular flexibility index (Phi) is 5.48. The predicted octanol–water partition coefficient (Wildman–Crippen LogP) is 4.01. The molecule has 1 aromatic heterocycles. The fraction of sp³-hybridized carbons (Fsp3) is 0.522. The molecule has 0 fully saturated rings. The summed E-state index contributed by atoms with van der Waals surface area (Å²) in [5.74, 6) is 0.244. The molecule has 2 atom stereocenters. The molecule has 27 heavy (non-hydrogen) atoms. The van der Waals surface area contributed by atoms with Crippen LogP contribution in [-0.4, -0.2) is 59.6 Å². The molecule has 0 saturated heterocycles. The lowest BCUT2D eigenvalue weighted by atomic mass is 9.84. The summed E-state index contributed by atoms with van der Waals surface area (Å²) in [6, 6.07) is 9.15. The van der Waals surface area contributed by atoms with Crippen molar-refractivity contribution in [3.8, 4) is 0 Å². The highest BCUT2D eigenvalue weighted by Crippen LogP contribution is 2.41. The first-order chi connectivity index (χ1) is 13.0. The second kappa shape index (κ2) is 7.51. The topological polar surface area (TPSA) is 25.2 Å². The van der Waals surface area contributed by atoms with Crippen LogP contribution >= 0.6 is 0 Å². The van der Waals surface area contributed by atoms with E-state index < -0.39 is 0 Å². The van der Waals surface area contributed by atoms with Gasteiger partial charge in [-0.3, -0.25) is 4.79 Å². The number of rotatable bonds is 3. The van der Waals surface area contributed by atoms with Gasteiger partial charge < -0.3 is 14.0 Å². The maximum absolute atomic E-state index is 13.0. The van der Waals surface area contributed by atoms with Crippen LogP contribution in [0.5, 0.6) is 0 Å². The normalized spacial score (nSPS) is 22.4. The Morgan fingerprint density at radius 3 is 2.56 bits per heavy atom. The highest BCUT2D eigenvalue weighted by molar-refractivity contribution is 5.95. The van der Waals surface area contributed by atoms with Crippen LogP contribution in [0.3, 0.4) is 0 Å². The van der Waals surface area contributed by atoms with Gasteiger partial charge in [-0.15, -0.1) is 0 Å². The minimum Gasteiger partial charge on any atom is -0.343 e. The molecule has 4 rings (SSSR count). The van der Waals surface area contributed by atoms with Gasteiger partial charge in [0.1, 0.15) is 12.0 Å². The van der Waals surface area contributed by atoms with Crippen LogP contribution in [0.1, 0.15) is 33.3 Å². The third-order valence-corrected chi connectivity index (χ3v) is 6.11. The Bertz CT molecular complexity index is 858. The molecule has 2 aromatic rings. The van der Waals surface area contributed by atoms with Crippen molar-refractivity contribution >= 4 is 22.4 Å². The number of carbonyl (C=O) groups is 1. The van der Waals surface area contributed by atoms with Crippen molar-refractivity contribution in [1.82, 2.24) is 9.47 Å². The monoisotopic (exact) mass is 368 g/mol. The lowest BCUT2D eigenvalue weighted by Crippen LogP contribution is -2.58. The number of amides is 1. The Morgan fingerprint density at radius 2 is 1.89 bits per heavy atom. The first kappa shape index (κ1) is 19.7. The second-order valence-corrected chi connectivity index (χ2v) is 7.93. The zero-order chi connectivity index (χ0) is 19.8. The zero-order valence-electron chi connectivity index (χ0n) is 17.7. The van der Waals surface area contributed by atoms with Gasteiger partial charge in [-0.2, -0.15) is 0 Å². The van der Waals surface area contributed by atoms with Crippen molar-refractivity contribution < 1.29 is 9.28 Å². The lowest BCUT2D eigenvalue weighted by molar-refractivity contribution is -0.910. The van der Waals surface area contributed by atoms with E-state index in [1.165, 1.54) is 22.0 Å². The van der Waals surface area contributed by atoms with Crippen LogP contribution in [0.2, 0.25) is 0 Å². The molecule has 4 nitrogen and oxygen atoms in total. The standard InChI is InChI=1S/C21H28N3O.C2H6/c1-5-22(6-2)21(25)16-12-18-17-9-7-8-15-10-11-23(20(15)17)13-19(18)24(3,4)14-16;1-2/h7-12,16,19H,5-6,13-14H2,1-4H3;1-2H3/q+1;. The lowest BCUT2D eigenvalue weighted by Gasteiger charge is -2.46. The molecule has 2 aliphatic heterocycles. The predicted molar refractivity (Wildman–Crippen MR) is 113 cm³/mol. The van der Waals surface area contributed by atoms with Gasteiger partial charge in [0.05, 0.1) is 32.7 Å². The number of aromatic nitrogens is 1. The minimum atomic E-state index is -0.0297. The van der Waals surface area contributed by atoms with Gasteiger partial charge in [0, 0.05) is 35.8 Å². The molecule has 0 aliphatic carbocycles. The molecule has 2 aliphatic rings. The molecule has 0 radical (unpaired) electrons. The number of benzene rings is 1. The van der Waals surface area contributed by atoms with E-state index in [0.717, 1.165) is 30.7 Å². The molecule has 0 saturated carbocycles. The SMILES string of the molecule is CC.CCN(CC)C(=O)C1C=C2c3cccc4ccn(c34)CC2[N+](C)(C)C1. The average Bonchev–Trinajstić information content (AvgIpc) is 3.09. The molecular formula is C23H34N3O+. The van der Waals surface area contributed by atoms with Gasteiger partial charge in [-0.25, -0.2) is 0 Å². The summed E-state index contributed by atoms with van der Waals surface area (Å²) in [7, 11) is 4.55. The fourth-order valence-corrected chi connectivity index (χ4v) is 4.73. The molecule has 2 unspecified atom stereocenters. The quantitative estimate of drug-likeness (QED) is 0.752. The minimum absolute atomic E-state index is 0.0297. The third kappa shape index (κ3) is 3.20. The Labute approximate surface area is 163 Å². The van der Waals surface area contributed by atoms with E-state index in [2.05, 4.69) is 69.0 Å². The molecular weight excluding hydrogens is 334 g/mol. The van der Waals surface area contributed by atoms with Crippen LogP contribution in [-0.2, 0) is 11.3 Å². The molecule has 0 spiro atoms. The van der Waals surface area contributed by atoms with Crippen molar-refractivity contribution in [2.75, 3.05) is 33.7 Å². The number of para-hydroxylation sites is 1. The number of likely N-dealkylation sites (N-methyl/N-ethyl adjacent to an activating group) is 1. The molecule has 4 heteroatoms. The van der Waals surface area contributed by atoms with E-state index in [-0.39, 0.29) is 11.8 Å². The smallest absolute Gasteiger partial charge is 0.235 e. The van der Waals surface area contributed by atoms with E-state index in [4.69, 9.17) is 0 Å². The summed E-state index contributed by atoms with van der Waals surface area (Å²) < 4.78 is 3.25. The number of carbonyl (C=O) groups excluding carboxylic acids is 1. The highest BCUT2D eigenvalue weighted by atomic mass is 16.2. The first-order valence-corrected chi connectivity index (χ1v) is 10.4. The van der Waals surface area contributed by atoms with E-state index in [1.807, 2.05) is 18.7 Å². The zero-order valence-corrected chi connectivity index (χ0v) is 17.7. The number of hydrogen-bond acceptors (Lipinski definition) is 1. The maximum atomic E-state index is 13.0. The van der Waals surface area contributed by atoms with Gasteiger partial charge in [0.25, 0.3) is 0 Å². The highest BCUT2D eigenvalue weighted by Gasteiger charge is 2.44. The largest absolute Gasteiger partial charge is 0.343 e. The van der Waals surface area contributed by atoms with E-state index in [0.29, 0.717) is 6.04 Å². The van der Waals surface area contributed by atoms with Crippen LogP contribution in [0.15, 0.2) is 36.5 Å². The van der Waals surface area contributed by atoms with Gasteiger partial charge in [0.2, 0.25) is 5.91 Å². The number of fused-ring (bicyclic) bond motifs is 2. The van der Waals surface area contributed by atoms with Crippen LogP contribution < -0.4 is 0 Å². The van der Waals surface area contributed by atoms with Crippen LogP contribution in [0, 0.1) is 5.92 Å². The third-order valence-electron chi connectivity index (χ3n) is 6.11. The van der Waals surface area contributed by atoms with Gasteiger partial charge in [-0.1, -0.05) is 38.1 Å². The Hall–Kier alpha value is -2.07. The summed E-state index contributed by atoms with van der Waals surface area (Å²) in [6.45, 7) is 11.6. The molecule has 3 heterocycles. The van der Waals surface area contributed by atoms with E-state index in [1.54, 1.807) is 0 Å². The molecule has 1 aromatic carbocycles. The van der Waals surface area contributed by atoms with Crippen LogP contribution in [0.25, 0.3) is 16.5 Å². The molecule has 0 N–H and O–H groups in total. The molecule has 0 bridgehead atoms. The van der Waals surface area contributed by atoms with Gasteiger partial charge in [-0.05, 0) is 19.9 Å². The fourth-order valence-electron chi connectivity index (χ4n) is 4.73. The number of hydrogen-bond donors (Lipinski definition) is 0. The summed E-state index contributed by atoms with van der Waals surface area (Å²) in [4.78, 5) is 15.0. The van der Waals surface area contributed by atoms with Gasteiger partial charge >= 0.3 is 0 Å². The molecule has 1 amide bonds. The summed E-state index contributed by atoms with van der Waals surface area (Å²) in [6.07, 6.45) is 4.48. The summed E-state index contributed by atoms with van der Waals surface area (Å²) in [5.41, 5.74) is 3.99. The van der Waals surface area contributed by atoms with E-state index in [9.17, 15) is 4.79 Å². The van der Waals surface area contributed by atoms with E-state index >= 15 is 0 Å². The van der Waals surface area contributed by atoms with Crippen molar-refractivity contribution in [3.63, 3.8) is 0 Å². The maximum Gasteiger partial charge on any atom is 0.235 e. The average molecular weight is 369 g/mol. The number of nitrogens with zero attached hydrogens (tertiary/aromatic N) is 3. The summed E-state index contributed by atoms with van der Waals surface area (Å²) in [5, 5.41) is 1.29.